The number of phenolic OH excluding ortho intramolecular Hbond substituents is 2. The zero-order chi connectivity index (χ0) is 17.6. The van der Waals surface area contributed by atoms with E-state index in [-0.39, 0.29) is 0 Å². The van der Waals surface area contributed by atoms with Gasteiger partial charge in [0.15, 0.2) is 0 Å². The molecule has 2 N–H and O–H groups in total. The standard InChI is InChI=1S/C21H22O2S/c1-11-6-13(3)20(22)16(8-11)18-10-24-15(5)19(18)17-9-12(2)7-14(4)21(17)23/h6-10,22-23H,1-5H3. The lowest BCUT2D eigenvalue weighted by molar-refractivity contribution is 0.472. The van der Waals surface area contributed by atoms with Crippen molar-refractivity contribution < 1.29 is 10.2 Å². The van der Waals surface area contributed by atoms with E-state index < -0.39 is 0 Å². The van der Waals surface area contributed by atoms with Crippen molar-refractivity contribution in [3.05, 3.63) is 56.8 Å². The van der Waals surface area contributed by atoms with Crippen LogP contribution in [0.3, 0.4) is 0 Å². The fourth-order valence-corrected chi connectivity index (χ4v) is 4.18. The summed E-state index contributed by atoms with van der Waals surface area (Å²) in [6.07, 6.45) is 0. The van der Waals surface area contributed by atoms with Crippen LogP contribution in [0, 0.1) is 34.6 Å². The van der Waals surface area contributed by atoms with Crippen LogP contribution < -0.4 is 0 Å². The number of hydrogen-bond donors (Lipinski definition) is 2. The first-order valence-electron chi connectivity index (χ1n) is 7.99. The molecule has 0 atom stereocenters. The van der Waals surface area contributed by atoms with Gasteiger partial charge < -0.3 is 10.2 Å². The van der Waals surface area contributed by atoms with Crippen LogP contribution in [-0.4, -0.2) is 10.2 Å². The largest absolute Gasteiger partial charge is 0.507 e. The fraction of sp³-hybridized carbons (Fsp3) is 0.238. The Kier molecular flexibility index (Phi) is 4.14. The third-order valence-electron chi connectivity index (χ3n) is 4.42. The van der Waals surface area contributed by atoms with Crippen LogP contribution in [0.1, 0.15) is 27.1 Å². The number of hydrogen-bond acceptors (Lipinski definition) is 3. The predicted molar refractivity (Wildman–Crippen MR) is 102 cm³/mol. The zero-order valence-corrected chi connectivity index (χ0v) is 15.5. The lowest BCUT2D eigenvalue weighted by Crippen LogP contribution is -1.90. The van der Waals surface area contributed by atoms with Gasteiger partial charge in [0.05, 0.1) is 0 Å². The van der Waals surface area contributed by atoms with E-state index in [1.165, 1.54) is 0 Å². The SMILES string of the molecule is Cc1cc(C)c(O)c(-c2csc(C)c2-c2cc(C)cc(C)c2O)c1. The molecule has 0 spiro atoms. The summed E-state index contributed by atoms with van der Waals surface area (Å²) in [6, 6.07) is 7.98. The Morgan fingerprint density at radius 2 is 1.17 bits per heavy atom. The normalized spacial score (nSPS) is 11.0. The Labute approximate surface area is 147 Å². The smallest absolute Gasteiger partial charge is 0.126 e. The molecular weight excluding hydrogens is 316 g/mol. The summed E-state index contributed by atoms with van der Waals surface area (Å²) >= 11 is 1.64. The van der Waals surface area contributed by atoms with Crippen molar-refractivity contribution in [2.24, 2.45) is 0 Å². The molecular formula is C21H22O2S. The lowest BCUT2D eigenvalue weighted by Gasteiger charge is -2.14. The molecule has 0 bridgehead atoms. The van der Waals surface area contributed by atoms with Crippen molar-refractivity contribution in [3.63, 3.8) is 0 Å². The summed E-state index contributed by atoms with van der Waals surface area (Å²) in [4.78, 5) is 1.13. The first-order valence-corrected chi connectivity index (χ1v) is 8.86. The number of benzene rings is 2. The first kappa shape index (κ1) is 16.6. The second-order valence-electron chi connectivity index (χ2n) is 6.54. The minimum Gasteiger partial charge on any atom is -0.507 e. The number of phenols is 2. The van der Waals surface area contributed by atoms with Crippen molar-refractivity contribution in [1.82, 2.24) is 0 Å². The van der Waals surface area contributed by atoms with E-state index in [1.54, 1.807) is 11.3 Å². The van der Waals surface area contributed by atoms with Gasteiger partial charge in [0, 0.05) is 27.1 Å². The molecule has 3 rings (SSSR count). The van der Waals surface area contributed by atoms with Crippen LogP contribution in [0.15, 0.2) is 29.6 Å². The maximum absolute atomic E-state index is 10.6. The maximum atomic E-state index is 10.6. The van der Waals surface area contributed by atoms with E-state index in [0.717, 1.165) is 49.4 Å². The molecule has 0 aliphatic rings. The van der Waals surface area contributed by atoms with Gasteiger partial charge in [0.2, 0.25) is 0 Å². The van der Waals surface area contributed by atoms with Crippen molar-refractivity contribution in [3.8, 4) is 33.8 Å². The average molecular weight is 338 g/mol. The third kappa shape index (κ3) is 2.69. The topological polar surface area (TPSA) is 40.5 Å². The van der Waals surface area contributed by atoms with Crippen LogP contribution in [-0.2, 0) is 0 Å². The van der Waals surface area contributed by atoms with Crippen LogP contribution in [0.4, 0.5) is 0 Å². The molecule has 3 aromatic rings. The van der Waals surface area contributed by atoms with Crippen LogP contribution in [0.5, 0.6) is 11.5 Å². The highest BCUT2D eigenvalue weighted by Crippen LogP contribution is 2.46. The minimum absolute atomic E-state index is 0.309. The second kappa shape index (κ2) is 5.99. The molecule has 0 saturated carbocycles. The van der Waals surface area contributed by atoms with E-state index >= 15 is 0 Å². The van der Waals surface area contributed by atoms with Gasteiger partial charge in [-0.15, -0.1) is 11.3 Å². The Balaban J connectivity index is 2.33. The number of aromatic hydroxyl groups is 2. The Morgan fingerprint density at radius 1 is 0.667 bits per heavy atom. The summed E-state index contributed by atoms with van der Waals surface area (Å²) < 4.78 is 0. The van der Waals surface area contributed by atoms with E-state index in [4.69, 9.17) is 0 Å². The molecule has 1 heterocycles. The Bertz CT molecular complexity index is 935. The molecule has 0 saturated heterocycles. The summed E-state index contributed by atoms with van der Waals surface area (Å²) in [6.45, 7) is 9.95. The van der Waals surface area contributed by atoms with Crippen molar-refractivity contribution in [1.29, 1.82) is 0 Å². The molecule has 1 aromatic heterocycles. The lowest BCUT2D eigenvalue weighted by atomic mass is 9.92. The van der Waals surface area contributed by atoms with Crippen LogP contribution >= 0.6 is 11.3 Å². The van der Waals surface area contributed by atoms with E-state index in [9.17, 15) is 10.2 Å². The second-order valence-corrected chi connectivity index (χ2v) is 7.62. The van der Waals surface area contributed by atoms with Gasteiger partial charge >= 0.3 is 0 Å². The van der Waals surface area contributed by atoms with Crippen LogP contribution in [0.2, 0.25) is 0 Å². The first-order chi connectivity index (χ1) is 11.3. The molecule has 0 unspecified atom stereocenters. The molecule has 2 nitrogen and oxygen atoms in total. The highest BCUT2D eigenvalue weighted by atomic mass is 32.1. The molecule has 0 aliphatic carbocycles. The predicted octanol–water partition coefficient (Wildman–Crippen LogP) is 6.04. The minimum atomic E-state index is 0.309. The number of aryl methyl sites for hydroxylation is 5. The monoisotopic (exact) mass is 338 g/mol. The van der Waals surface area contributed by atoms with Crippen molar-refractivity contribution in [2.45, 2.75) is 34.6 Å². The Morgan fingerprint density at radius 3 is 1.75 bits per heavy atom. The highest BCUT2D eigenvalue weighted by molar-refractivity contribution is 7.11. The van der Waals surface area contributed by atoms with Gasteiger partial charge in [-0.2, -0.15) is 0 Å². The number of rotatable bonds is 2. The molecule has 0 fully saturated rings. The van der Waals surface area contributed by atoms with Gasteiger partial charge in [-0.25, -0.2) is 0 Å². The van der Waals surface area contributed by atoms with Crippen molar-refractivity contribution in [2.75, 3.05) is 0 Å². The van der Waals surface area contributed by atoms with Gasteiger partial charge in [-0.1, -0.05) is 12.1 Å². The molecule has 24 heavy (non-hydrogen) atoms. The maximum Gasteiger partial charge on any atom is 0.126 e. The van der Waals surface area contributed by atoms with E-state index in [2.05, 4.69) is 12.3 Å². The summed E-state index contributed by atoms with van der Waals surface area (Å²) in [7, 11) is 0. The van der Waals surface area contributed by atoms with Gasteiger partial charge in [0.1, 0.15) is 11.5 Å². The van der Waals surface area contributed by atoms with E-state index in [0.29, 0.717) is 11.5 Å². The van der Waals surface area contributed by atoms with Crippen molar-refractivity contribution >= 4 is 11.3 Å². The van der Waals surface area contributed by atoms with Gasteiger partial charge in [-0.05, 0) is 74.4 Å². The van der Waals surface area contributed by atoms with Gasteiger partial charge in [0.25, 0.3) is 0 Å². The molecule has 0 radical (unpaired) electrons. The van der Waals surface area contributed by atoms with Crippen LogP contribution in [0.25, 0.3) is 22.3 Å². The van der Waals surface area contributed by atoms with E-state index in [1.807, 2.05) is 52.0 Å². The molecule has 0 amide bonds. The molecule has 124 valence electrons. The third-order valence-corrected chi connectivity index (χ3v) is 5.34. The Hall–Kier alpha value is -2.26. The molecule has 2 aromatic carbocycles. The summed E-state index contributed by atoms with van der Waals surface area (Å²) in [5.41, 5.74) is 7.59. The zero-order valence-electron chi connectivity index (χ0n) is 14.7. The highest BCUT2D eigenvalue weighted by Gasteiger charge is 2.20. The van der Waals surface area contributed by atoms with Gasteiger partial charge in [-0.3, -0.25) is 0 Å². The summed E-state index contributed by atoms with van der Waals surface area (Å²) in [5, 5.41) is 23.3. The summed E-state index contributed by atoms with van der Waals surface area (Å²) in [5.74, 6) is 0.621. The molecule has 0 aliphatic heterocycles. The average Bonchev–Trinajstić information content (AvgIpc) is 2.88. The fourth-order valence-electron chi connectivity index (χ4n) is 3.30. The quantitative estimate of drug-likeness (QED) is 0.598. The number of thiophene rings is 1. The molecule has 3 heteroatoms.